The molecule has 6 unspecified atom stereocenters. The maximum Gasteiger partial charge on any atom is 0.0918 e. The van der Waals surface area contributed by atoms with Gasteiger partial charge in [0.2, 0.25) is 0 Å². The van der Waals surface area contributed by atoms with Crippen LogP contribution in [0.4, 0.5) is 0 Å². The first-order valence-corrected chi connectivity index (χ1v) is 11.0. The van der Waals surface area contributed by atoms with Gasteiger partial charge < -0.3 is 0 Å². The average molecular weight is 343 g/mol. The summed E-state index contributed by atoms with van der Waals surface area (Å²) in [5.41, 5.74) is 0. The largest absolute Gasteiger partial charge is 0.292 e. The minimum Gasteiger partial charge on any atom is -0.292 e. The van der Waals surface area contributed by atoms with Crippen molar-refractivity contribution in [3.63, 3.8) is 0 Å². The van der Waals surface area contributed by atoms with Crippen molar-refractivity contribution in [2.24, 2.45) is 29.6 Å². The second-order valence-corrected chi connectivity index (χ2v) is 9.63. The normalized spacial score (nSPS) is 40.1. The van der Waals surface area contributed by atoms with Gasteiger partial charge in [-0.05, 0) is 82.5 Å². The second-order valence-electron chi connectivity index (χ2n) is 7.27. The summed E-state index contributed by atoms with van der Waals surface area (Å²) in [7, 11) is -1.84. The fourth-order valence-corrected chi connectivity index (χ4v) is 8.32. The molecule has 0 aromatic heterocycles. The third-order valence-corrected chi connectivity index (χ3v) is 9.26. The molecule has 0 spiro atoms. The maximum absolute atomic E-state index is 6.14. The molecule has 3 saturated carbocycles. The molecule has 0 heterocycles. The maximum atomic E-state index is 6.14. The molecule has 0 aliphatic heterocycles. The molecule has 3 nitrogen and oxygen atoms in total. The summed E-state index contributed by atoms with van der Waals surface area (Å²) >= 11 is 0. The van der Waals surface area contributed by atoms with Crippen molar-refractivity contribution < 1.29 is 12.5 Å². The van der Waals surface area contributed by atoms with Gasteiger partial charge in [0.15, 0.2) is 0 Å². The van der Waals surface area contributed by atoms with Gasteiger partial charge in [0.25, 0.3) is 0 Å². The molecule has 23 heavy (non-hydrogen) atoms. The first-order valence-electron chi connectivity index (χ1n) is 9.56. The molecule has 3 rings (SSSR count). The molecule has 3 aliphatic carbocycles. The van der Waals surface area contributed by atoms with Crippen molar-refractivity contribution in [3.8, 4) is 0 Å². The first-order chi connectivity index (χ1) is 11.2. The van der Waals surface area contributed by atoms with Crippen LogP contribution in [0, 0.1) is 29.6 Å². The fraction of sp³-hybridized carbons (Fsp3) is 0.895. The smallest absolute Gasteiger partial charge is 0.0918 e. The Hall–Kier alpha value is -0.0300. The first kappa shape index (κ1) is 17.8. The van der Waals surface area contributed by atoms with E-state index in [9.17, 15) is 0 Å². The van der Waals surface area contributed by atoms with Gasteiger partial charge in [0, 0.05) is 0 Å². The van der Waals surface area contributed by atoms with E-state index < -0.39 is 10.9 Å². The van der Waals surface area contributed by atoms with E-state index in [1.54, 1.807) is 0 Å². The van der Waals surface area contributed by atoms with E-state index in [1.165, 1.54) is 32.1 Å². The Kier molecular flexibility index (Phi) is 5.77. The average Bonchev–Trinajstić information content (AvgIpc) is 3.14. The van der Waals surface area contributed by atoms with Crippen molar-refractivity contribution in [1.82, 2.24) is 0 Å². The molecule has 0 amide bonds. The van der Waals surface area contributed by atoms with Crippen LogP contribution in [0.25, 0.3) is 0 Å². The predicted molar refractivity (Wildman–Crippen MR) is 97.0 cm³/mol. The topological polar surface area (TPSA) is 27.7 Å². The zero-order valence-electron chi connectivity index (χ0n) is 15.0. The fourth-order valence-electron chi connectivity index (χ4n) is 5.67. The molecule has 6 atom stereocenters. The van der Waals surface area contributed by atoms with Crippen LogP contribution in [0.3, 0.4) is 0 Å². The van der Waals surface area contributed by atoms with E-state index in [1.807, 2.05) is 0 Å². The van der Waals surface area contributed by atoms with Gasteiger partial charge in [-0.1, -0.05) is 6.08 Å². The van der Waals surface area contributed by atoms with E-state index in [-0.39, 0.29) is 0 Å². The van der Waals surface area contributed by atoms with Crippen molar-refractivity contribution in [3.05, 3.63) is 12.7 Å². The van der Waals surface area contributed by atoms with Gasteiger partial charge >= 0.3 is 0 Å². The van der Waals surface area contributed by atoms with Crippen molar-refractivity contribution in [2.45, 2.75) is 58.1 Å². The van der Waals surface area contributed by atoms with E-state index in [4.69, 9.17) is 12.5 Å². The van der Waals surface area contributed by atoms with Crippen LogP contribution in [0.5, 0.6) is 0 Å². The van der Waals surface area contributed by atoms with E-state index in [0.717, 1.165) is 29.6 Å². The van der Waals surface area contributed by atoms with Gasteiger partial charge in [0.1, 0.15) is 0 Å². The Morgan fingerprint density at radius 1 is 0.870 bits per heavy atom. The second kappa shape index (κ2) is 7.47. The van der Waals surface area contributed by atoms with Gasteiger partial charge in [-0.25, -0.2) is 0 Å². The van der Waals surface area contributed by atoms with Crippen LogP contribution in [0.2, 0.25) is 0 Å². The molecular formula is C19H34O3S. The summed E-state index contributed by atoms with van der Waals surface area (Å²) in [6.07, 6.45) is 8.78. The van der Waals surface area contributed by atoms with Crippen LogP contribution in [-0.4, -0.2) is 25.1 Å². The van der Waals surface area contributed by atoms with Crippen LogP contribution >= 0.6 is 10.9 Å². The Labute approximate surface area is 144 Å². The number of allylic oxidation sites excluding steroid dienone is 1. The quantitative estimate of drug-likeness (QED) is 0.562. The van der Waals surface area contributed by atoms with Crippen LogP contribution < -0.4 is 0 Å². The van der Waals surface area contributed by atoms with Crippen molar-refractivity contribution >= 4 is 10.9 Å². The third kappa shape index (κ3) is 3.12. The van der Waals surface area contributed by atoms with Crippen LogP contribution in [-0.2, 0) is 12.5 Å². The molecule has 3 aliphatic rings. The lowest BCUT2D eigenvalue weighted by Crippen LogP contribution is -2.38. The Morgan fingerprint density at radius 3 is 2.09 bits per heavy atom. The lowest BCUT2D eigenvalue weighted by Gasteiger charge is -2.49. The molecule has 0 aromatic rings. The Morgan fingerprint density at radius 2 is 1.52 bits per heavy atom. The van der Waals surface area contributed by atoms with Crippen molar-refractivity contribution in [1.29, 1.82) is 0 Å². The number of fused-ring (bicyclic) bond motifs is 5. The molecule has 134 valence electrons. The molecule has 0 aromatic carbocycles. The number of hydrogen-bond acceptors (Lipinski definition) is 3. The van der Waals surface area contributed by atoms with Crippen LogP contribution in [0.15, 0.2) is 12.7 Å². The number of hydrogen-bond donors (Lipinski definition) is 0. The highest BCUT2D eigenvalue weighted by molar-refractivity contribution is 8.22. The lowest BCUT2D eigenvalue weighted by atomic mass is 9.67. The minimum absolute atomic E-state index is 0.449. The molecule has 0 saturated heterocycles. The third-order valence-electron chi connectivity index (χ3n) is 6.32. The summed E-state index contributed by atoms with van der Waals surface area (Å²) in [5.74, 6) is 4.36. The van der Waals surface area contributed by atoms with Gasteiger partial charge in [0.05, 0.1) is 35.9 Å². The summed E-state index contributed by atoms with van der Waals surface area (Å²) in [5, 5.41) is 0.449. The van der Waals surface area contributed by atoms with Gasteiger partial charge in [-0.2, -0.15) is 0 Å². The number of rotatable bonds is 8. The summed E-state index contributed by atoms with van der Waals surface area (Å²) in [4.78, 5) is 0. The summed E-state index contributed by atoms with van der Waals surface area (Å²) in [6.45, 7) is 12.2. The summed E-state index contributed by atoms with van der Waals surface area (Å²) < 4.78 is 18.4. The predicted octanol–water partition coefficient (Wildman–Crippen LogP) is 5.27. The Bertz CT molecular complexity index is 396. The van der Waals surface area contributed by atoms with E-state index in [2.05, 4.69) is 33.4 Å². The van der Waals surface area contributed by atoms with E-state index in [0.29, 0.717) is 25.1 Å². The summed E-state index contributed by atoms with van der Waals surface area (Å²) in [6, 6.07) is 0. The van der Waals surface area contributed by atoms with Gasteiger partial charge in [-0.3, -0.25) is 12.5 Å². The SMILES string of the molecule is C=CC1CC2CC1C1CCC(S(OCC)(OCC)OCC)CC21. The highest BCUT2D eigenvalue weighted by Crippen LogP contribution is 2.66. The highest BCUT2D eigenvalue weighted by Gasteiger charge is 2.55. The molecular weight excluding hydrogens is 308 g/mol. The molecule has 3 fully saturated rings. The zero-order valence-corrected chi connectivity index (χ0v) is 15.9. The van der Waals surface area contributed by atoms with Crippen LogP contribution in [0.1, 0.15) is 52.9 Å². The zero-order chi connectivity index (χ0) is 16.4. The monoisotopic (exact) mass is 342 g/mol. The molecule has 0 radical (unpaired) electrons. The standard InChI is InChI=1S/C19H34O3S/c1-5-14-11-15-12-18(14)17-10-9-16(13-19(15)17)23(20-6-2,21-7-3)22-8-4/h5,14-19H,1,6-13H2,2-4H3. The highest BCUT2D eigenvalue weighted by atomic mass is 32.3. The molecule has 0 N–H and O–H groups in total. The molecule has 4 heteroatoms. The minimum atomic E-state index is -1.84. The Balaban J connectivity index is 1.73. The van der Waals surface area contributed by atoms with E-state index >= 15 is 0 Å². The lowest BCUT2D eigenvalue weighted by molar-refractivity contribution is 0.115. The molecule has 2 bridgehead atoms. The van der Waals surface area contributed by atoms with Gasteiger partial charge in [-0.15, -0.1) is 6.58 Å². The van der Waals surface area contributed by atoms with Crippen molar-refractivity contribution in [2.75, 3.05) is 19.8 Å².